The third-order valence-electron chi connectivity index (χ3n) is 3.12. The summed E-state index contributed by atoms with van der Waals surface area (Å²) < 4.78 is 14.1. The molecule has 1 nitrogen and oxygen atoms in total. The van der Waals surface area contributed by atoms with Crippen LogP contribution < -0.4 is 5.32 Å². The lowest BCUT2D eigenvalue weighted by Gasteiger charge is -2.11. The molecular formula is C17H19ClFNS. The zero-order valence-electron chi connectivity index (χ0n) is 12.0. The Bertz CT molecular complexity index is 589. The Morgan fingerprint density at radius 3 is 2.62 bits per heavy atom. The Morgan fingerprint density at radius 1 is 1.10 bits per heavy atom. The maximum Gasteiger partial charge on any atom is 0.137 e. The van der Waals surface area contributed by atoms with Crippen molar-refractivity contribution in [2.75, 3.05) is 6.54 Å². The van der Waals surface area contributed by atoms with Crippen LogP contribution in [0.3, 0.4) is 0 Å². The van der Waals surface area contributed by atoms with Gasteiger partial charge in [0, 0.05) is 22.2 Å². The van der Waals surface area contributed by atoms with Gasteiger partial charge in [0.05, 0.1) is 0 Å². The summed E-state index contributed by atoms with van der Waals surface area (Å²) in [5, 5.41) is 4.05. The van der Waals surface area contributed by atoms with Crippen molar-refractivity contribution in [1.82, 2.24) is 5.32 Å². The van der Waals surface area contributed by atoms with Gasteiger partial charge in [-0.05, 0) is 36.2 Å². The van der Waals surface area contributed by atoms with E-state index in [1.165, 1.54) is 17.8 Å². The van der Waals surface area contributed by atoms with E-state index < -0.39 is 0 Å². The quantitative estimate of drug-likeness (QED) is 0.550. The average Bonchev–Trinajstić information content (AvgIpc) is 2.48. The third kappa shape index (κ3) is 4.73. The topological polar surface area (TPSA) is 12.0 Å². The van der Waals surface area contributed by atoms with Crippen LogP contribution in [0.4, 0.5) is 4.39 Å². The van der Waals surface area contributed by atoms with Gasteiger partial charge in [-0.25, -0.2) is 4.39 Å². The number of hydrogen-bond donors (Lipinski definition) is 1. The summed E-state index contributed by atoms with van der Waals surface area (Å²) in [4.78, 5) is 0.709. The number of nitrogens with one attached hydrogen (secondary N) is 1. The van der Waals surface area contributed by atoms with Gasteiger partial charge in [0.25, 0.3) is 0 Å². The molecule has 0 aliphatic heterocycles. The summed E-state index contributed by atoms with van der Waals surface area (Å²) in [6, 6.07) is 12.9. The molecule has 0 spiro atoms. The van der Waals surface area contributed by atoms with Crippen LogP contribution in [-0.4, -0.2) is 6.54 Å². The molecule has 2 rings (SSSR count). The van der Waals surface area contributed by atoms with Crippen LogP contribution in [0.25, 0.3) is 0 Å². The summed E-state index contributed by atoms with van der Waals surface area (Å²) in [5.41, 5.74) is 2.03. The van der Waals surface area contributed by atoms with Gasteiger partial charge in [0.1, 0.15) is 5.82 Å². The number of hydrogen-bond acceptors (Lipinski definition) is 2. The van der Waals surface area contributed by atoms with Gasteiger partial charge < -0.3 is 5.32 Å². The fraction of sp³-hybridized carbons (Fsp3) is 0.294. The molecule has 0 aliphatic rings. The van der Waals surface area contributed by atoms with Crippen molar-refractivity contribution in [2.24, 2.45) is 0 Å². The van der Waals surface area contributed by atoms with Crippen molar-refractivity contribution in [2.45, 2.75) is 30.5 Å². The second-order valence-electron chi connectivity index (χ2n) is 4.78. The predicted molar refractivity (Wildman–Crippen MR) is 89.4 cm³/mol. The highest BCUT2D eigenvalue weighted by molar-refractivity contribution is 7.98. The van der Waals surface area contributed by atoms with E-state index in [9.17, 15) is 4.39 Å². The van der Waals surface area contributed by atoms with E-state index in [2.05, 4.69) is 12.2 Å². The number of halogens is 2. The lowest BCUT2D eigenvalue weighted by molar-refractivity contribution is 0.589. The SMILES string of the molecule is CCCNCc1cccc(F)c1SCc1ccccc1Cl. The Kier molecular flexibility index (Phi) is 6.55. The first-order valence-electron chi connectivity index (χ1n) is 7.06. The lowest BCUT2D eigenvalue weighted by atomic mass is 10.2. The molecule has 0 saturated carbocycles. The van der Waals surface area contributed by atoms with E-state index in [-0.39, 0.29) is 5.82 Å². The van der Waals surface area contributed by atoms with Crippen molar-refractivity contribution in [3.05, 3.63) is 64.4 Å². The Balaban J connectivity index is 2.09. The van der Waals surface area contributed by atoms with Gasteiger partial charge in [0.2, 0.25) is 0 Å². The molecule has 0 fully saturated rings. The number of rotatable bonds is 7. The Hall–Kier alpha value is -1.03. The minimum atomic E-state index is -0.164. The van der Waals surface area contributed by atoms with Crippen LogP contribution >= 0.6 is 23.4 Å². The maximum atomic E-state index is 14.1. The van der Waals surface area contributed by atoms with Crippen molar-refractivity contribution in [1.29, 1.82) is 0 Å². The van der Waals surface area contributed by atoms with Gasteiger partial charge >= 0.3 is 0 Å². The molecule has 0 heterocycles. The minimum Gasteiger partial charge on any atom is -0.313 e. The smallest absolute Gasteiger partial charge is 0.137 e. The highest BCUT2D eigenvalue weighted by Crippen LogP contribution is 2.31. The first kappa shape index (κ1) is 16.3. The van der Waals surface area contributed by atoms with E-state index in [0.717, 1.165) is 29.1 Å². The van der Waals surface area contributed by atoms with Crippen molar-refractivity contribution >= 4 is 23.4 Å². The number of thioether (sulfide) groups is 1. The van der Waals surface area contributed by atoms with E-state index in [1.54, 1.807) is 6.07 Å². The molecule has 0 aliphatic carbocycles. The molecule has 2 aromatic rings. The van der Waals surface area contributed by atoms with Gasteiger partial charge in [-0.3, -0.25) is 0 Å². The van der Waals surface area contributed by atoms with E-state index in [0.29, 0.717) is 17.2 Å². The molecule has 0 atom stereocenters. The summed E-state index contributed by atoms with van der Waals surface area (Å²) in [7, 11) is 0. The van der Waals surface area contributed by atoms with Gasteiger partial charge in [-0.2, -0.15) is 0 Å². The molecule has 2 aromatic carbocycles. The zero-order chi connectivity index (χ0) is 15.1. The van der Waals surface area contributed by atoms with Crippen LogP contribution in [0.15, 0.2) is 47.4 Å². The molecule has 0 saturated heterocycles. The molecule has 0 aromatic heterocycles. The van der Waals surface area contributed by atoms with Crippen molar-refractivity contribution in [3.63, 3.8) is 0 Å². The van der Waals surface area contributed by atoms with Crippen LogP contribution in [-0.2, 0) is 12.3 Å². The number of benzene rings is 2. The molecule has 4 heteroatoms. The van der Waals surface area contributed by atoms with Crippen LogP contribution in [0.1, 0.15) is 24.5 Å². The molecule has 112 valence electrons. The van der Waals surface area contributed by atoms with Crippen LogP contribution in [0.2, 0.25) is 5.02 Å². The fourth-order valence-corrected chi connectivity index (χ4v) is 3.38. The largest absolute Gasteiger partial charge is 0.313 e. The maximum absolute atomic E-state index is 14.1. The monoisotopic (exact) mass is 323 g/mol. The fourth-order valence-electron chi connectivity index (χ4n) is 2.02. The van der Waals surface area contributed by atoms with Crippen molar-refractivity contribution < 1.29 is 4.39 Å². The second kappa shape index (κ2) is 8.42. The highest BCUT2D eigenvalue weighted by Gasteiger charge is 2.10. The van der Waals surface area contributed by atoms with E-state index in [4.69, 9.17) is 11.6 Å². The lowest BCUT2D eigenvalue weighted by Crippen LogP contribution is -2.14. The normalized spacial score (nSPS) is 10.8. The summed E-state index contributed by atoms with van der Waals surface area (Å²) in [6.07, 6.45) is 1.07. The first-order chi connectivity index (χ1) is 10.2. The molecule has 0 unspecified atom stereocenters. The predicted octanol–water partition coefficient (Wildman–Crippen LogP) is 5.27. The van der Waals surface area contributed by atoms with E-state index in [1.807, 2.05) is 30.3 Å². The molecule has 0 radical (unpaired) electrons. The van der Waals surface area contributed by atoms with Gasteiger partial charge in [0.15, 0.2) is 0 Å². The molecule has 0 amide bonds. The minimum absolute atomic E-state index is 0.164. The summed E-state index contributed by atoms with van der Waals surface area (Å²) in [5.74, 6) is 0.504. The Labute approximate surface area is 134 Å². The highest BCUT2D eigenvalue weighted by atomic mass is 35.5. The average molecular weight is 324 g/mol. The van der Waals surface area contributed by atoms with Crippen molar-refractivity contribution in [3.8, 4) is 0 Å². The second-order valence-corrected chi connectivity index (χ2v) is 6.18. The van der Waals surface area contributed by atoms with Gasteiger partial charge in [-0.15, -0.1) is 11.8 Å². The Morgan fingerprint density at radius 2 is 1.86 bits per heavy atom. The molecule has 0 bridgehead atoms. The van der Waals surface area contributed by atoms with Gasteiger partial charge in [-0.1, -0.05) is 48.9 Å². The standard InChI is InChI=1S/C17H19ClFNS/c1-2-10-20-11-13-7-5-9-16(19)17(13)21-12-14-6-3-4-8-15(14)18/h3-9,20H,2,10-12H2,1H3. The molecule has 21 heavy (non-hydrogen) atoms. The summed E-state index contributed by atoms with van der Waals surface area (Å²) >= 11 is 7.65. The molecule has 1 N–H and O–H groups in total. The summed E-state index contributed by atoms with van der Waals surface area (Å²) in [6.45, 7) is 3.74. The van der Waals surface area contributed by atoms with Crippen LogP contribution in [0.5, 0.6) is 0 Å². The third-order valence-corrected chi connectivity index (χ3v) is 4.69. The molecular weight excluding hydrogens is 305 g/mol. The van der Waals surface area contributed by atoms with E-state index >= 15 is 0 Å². The van der Waals surface area contributed by atoms with Crippen LogP contribution in [0, 0.1) is 5.82 Å². The first-order valence-corrected chi connectivity index (χ1v) is 8.43. The zero-order valence-corrected chi connectivity index (χ0v) is 13.6.